The number of rotatable bonds is 3. The molecule has 2 N–H and O–H groups in total. The van der Waals surface area contributed by atoms with E-state index in [0.29, 0.717) is 4.75 Å². The predicted octanol–water partition coefficient (Wildman–Crippen LogP) is 3.30. The summed E-state index contributed by atoms with van der Waals surface area (Å²) in [5.74, 6) is 0.743. The lowest BCUT2D eigenvalue weighted by Gasteiger charge is -2.31. The molecule has 0 radical (unpaired) electrons. The summed E-state index contributed by atoms with van der Waals surface area (Å²) in [4.78, 5) is 1.36. The number of hydrogen-bond acceptors (Lipinski definition) is 2. The van der Waals surface area contributed by atoms with Gasteiger partial charge in [0.15, 0.2) is 0 Å². The first-order chi connectivity index (χ1) is 7.27. The molecule has 2 unspecified atom stereocenters. The number of nitrogens with two attached hydrogens (primary N) is 1. The highest BCUT2D eigenvalue weighted by molar-refractivity contribution is 8.00. The molecule has 1 nitrogen and oxygen atoms in total. The van der Waals surface area contributed by atoms with Crippen LogP contribution in [0.15, 0.2) is 35.2 Å². The highest BCUT2D eigenvalue weighted by Gasteiger charge is 2.39. The highest BCUT2D eigenvalue weighted by Crippen LogP contribution is 2.48. The number of benzene rings is 1. The summed E-state index contributed by atoms with van der Waals surface area (Å²) in [7, 11) is 0. The van der Waals surface area contributed by atoms with Gasteiger partial charge in [0.2, 0.25) is 0 Å². The molecule has 0 spiro atoms. The van der Waals surface area contributed by atoms with E-state index in [2.05, 4.69) is 37.3 Å². The number of hydrogen-bond donors (Lipinski definition) is 1. The second-order valence-corrected chi connectivity index (χ2v) is 5.97. The third-order valence-corrected chi connectivity index (χ3v) is 5.23. The Morgan fingerprint density at radius 2 is 2.13 bits per heavy atom. The summed E-state index contributed by atoms with van der Waals surface area (Å²) in [6, 6.07) is 10.6. The first-order valence-electron chi connectivity index (χ1n) is 5.71. The van der Waals surface area contributed by atoms with Gasteiger partial charge < -0.3 is 5.73 Å². The summed E-state index contributed by atoms with van der Waals surface area (Å²) < 4.78 is 0.293. The highest BCUT2D eigenvalue weighted by atomic mass is 32.2. The Labute approximate surface area is 96.4 Å². The maximum absolute atomic E-state index is 5.99. The molecule has 82 valence electrons. The second-order valence-electron chi connectivity index (χ2n) is 4.48. The van der Waals surface area contributed by atoms with Crippen LogP contribution < -0.4 is 5.73 Å². The van der Waals surface area contributed by atoms with Gasteiger partial charge in [0.25, 0.3) is 0 Å². The molecule has 0 amide bonds. The lowest BCUT2D eigenvalue weighted by atomic mass is 9.97. The summed E-state index contributed by atoms with van der Waals surface area (Å²) >= 11 is 1.98. The zero-order valence-electron chi connectivity index (χ0n) is 9.28. The molecule has 1 aromatic rings. The summed E-state index contributed by atoms with van der Waals surface area (Å²) in [5, 5.41) is 0. The van der Waals surface area contributed by atoms with Gasteiger partial charge in [0.05, 0.1) is 0 Å². The minimum Gasteiger partial charge on any atom is -0.329 e. The van der Waals surface area contributed by atoms with Gasteiger partial charge in [0.1, 0.15) is 0 Å². The van der Waals surface area contributed by atoms with E-state index in [4.69, 9.17) is 5.73 Å². The SMILES string of the molecule is CC1CCCC1(CN)Sc1ccccc1. The van der Waals surface area contributed by atoms with Crippen molar-refractivity contribution in [2.45, 2.75) is 35.8 Å². The first kappa shape index (κ1) is 11.0. The standard InChI is InChI=1S/C13H19NS/c1-11-6-5-9-13(11,10-14)15-12-7-3-2-4-8-12/h2-4,7-8,11H,5-6,9-10,14H2,1H3. The molecule has 0 aliphatic heterocycles. The Balaban J connectivity index is 2.15. The van der Waals surface area contributed by atoms with Gasteiger partial charge in [0, 0.05) is 16.2 Å². The van der Waals surface area contributed by atoms with E-state index in [0.717, 1.165) is 12.5 Å². The van der Waals surface area contributed by atoms with Gasteiger partial charge in [-0.05, 0) is 30.9 Å². The molecular weight excluding hydrogens is 202 g/mol. The quantitative estimate of drug-likeness (QED) is 0.847. The molecule has 1 saturated carbocycles. The predicted molar refractivity (Wildman–Crippen MR) is 67.1 cm³/mol. The molecule has 2 heteroatoms. The molecule has 0 aromatic heterocycles. The Hall–Kier alpha value is -0.470. The fraction of sp³-hybridized carbons (Fsp3) is 0.538. The third-order valence-electron chi connectivity index (χ3n) is 3.55. The molecule has 2 rings (SSSR count). The van der Waals surface area contributed by atoms with Crippen LogP contribution in [0, 0.1) is 5.92 Å². The van der Waals surface area contributed by atoms with E-state index in [1.165, 1.54) is 24.2 Å². The maximum atomic E-state index is 5.99. The van der Waals surface area contributed by atoms with Gasteiger partial charge in [-0.3, -0.25) is 0 Å². The van der Waals surface area contributed by atoms with Crippen LogP contribution in [0.2, 0.25) is 0 Å². The normalized spacial score (nSPS) is 30.7. The van der Waals surface area contributed by atoms with Crippen molar-refractivity contribution in [1.29, 1.82) is 0 Å². The van der Waals surface area contributed by atoms with Crippen molar-refractivity contribution in [3.05, 3.63) is 30.3 Å². The number of thioether (sulfide) groups is 1. The molecule has 1 aromatic carbocycles. The Morgan fingerprint density at radius 3 is 2.67 bits per heavy atom. The molecule has 0 bridgehead atoms. The van der Waals surface area contributed by atoms with Gasteiger partial charge in [-0.1, -0.05) is 31.5 Å². The van der Waals surface area contributed by atoms with Crippen LogP contribution >= 0.6 is 11.8 Å². The van der Waals surface area contributed by atoms with E-state index in [9.17, 15) is 0 Å². The van der Waals surface area contributed by atoms with E-state index in [1.807, 2.05) is 11.8 Å². The van der Waals surface area contributed by atoms with E-state index in [-0.39, 0.29) is 0 Å². The van der Waals surface area contributed by atoms with Gasteiger partial charge in [-0.25, -0.2) is 0 Å². The van der Waals surface area contributed by atoms with Crippen molar-refractivity contribution < 1.29 is 0 Å². The maximum Gasteiger partial charge on any atom is 0.0354 e. The molecular formula is C13H19NS. The van der Waals surface area contributed by atoms with Crippen LogP contribution in [0.4, 0.5) is 0 Å². The van der Waals surface area contributed by atoms with Crippen LogP contribution in [-0.4, -0.2) is 11.3 Å². The fourth-order valence-corrected chi connectivity index (χ4v) is 3.85. The lowest BCUT2D eigenvalue weighted by Crippen LogP contribution is -2.36. The van der Waals surface area contributed by atoms with Crippen molar-refractivity contribution in [3.63, 3.8) is 0 Å². The zero-order chi connectivity index (χ0) is 10.7. The Morgan fingerprint density at radius 1 is 1.40 bits per heavy atom. The van der Waals surface area contributed by atoms with Crippen LogP contribution in [-0.2, 0) is 0 Å². The van der Waals surface area contributed by atoms with Gasteiger partial charge in [-0.15, -0.1) is 11.8 Å². The summed E-state index contributed by atoms with van der Waals surface area (Å²) in [6.07, 6.45) is 3.93. The first-order valence-corrected chi connectivity index (χ1v) is 6.53. The van der Waals surface area contributed by atoms with Crippen molar-refractivity contribution in [3.8, 4) is 0 Å². The minimum absolute atomic E-state index is 0.293. The molecule has 2 atom stereocenters. The van der Waals surface area contributed by atoms with Gasteiger partial charge in [-0.2, -0.15) is 0 Å². The van der Waals surface area contributed by atoms with Crippen molar-refractivity contribution in [2.75, 3.05) is 6.54 Å². The van der Waals surface area contributed by atoms with E-state index >= 15 is 0 Å². The monoisotopic (exact) mass is 221 g/mol. The third kappa shape index (κ3) is 2.21. The van der Waals surface area contributed by atoms with Crippen LogP contribution in [0.5, 0.6) is 0 Å². The smallest absolute Gasteiger partial charge is 0.0354 e. The average molecular weight is 221 g/mol. The minimum atomic E-state index is 0.293. The average Bonchev–Trinajstić information content (AvgIpc) is 2.62. The molecule has 0 saturated heterocycles. The fourth-order valence-electron chi connectivity index (χ4n) is 2.44. The Bertz CT molecular complexity index is 312. The van der Waals surface area contributed by atoms with Crippen LogP contribution in [0.3, 0.4) is 0 Å². The molecule has 0 heterocycles. The molecule has 1 aliphatic carbocycles. The van der Waals surface area contributed by atoms with E-state index < -0.39 is 0 Å². The molecule has 15 heavy (non-hydrogen) atoms. The second kappa shape index (κ2) is 4.58. The topological polar surface area (TPSA) is 26.0 Å². The molecule has 1 aliphatic rings. The molecule has 1 fully saturated rings. The van der Waals surface area contributed by atoms with Gasteiger partial charge >= 0.3 is 0 Å². The van der Waals surface area contributed by atoms with Crippen molar-refractivity contribution >= 4 is 11.8 Å². The van der Waals surface area contributed by atoms with Crippen molar-refractivity contribution in [1.82, 2.24) is 0 Å². The van der Waals surface area contributed by atoms with Crippen LogP contribution in [0.25, 0.3) is 0 Å². The lowest BCUT2D eigenvalue weighted by molar-refractivity contribution is 0.476. The zero-order valence-corrected chi connectivity index (χ0v) is 10.1. The van der Waals surface area contributed by atoms with Crippen LogP contribution in [0.1, 0.15) is 26.2 Å². The van der Waals surface area contributed by atoms with E-state index in [1.54, 1.807) is 0 Å². The summed E-state index contributed by atoms with van der Waals surface area (Å²) in [5.41, 5.74) is 5.99. The largest absolute Gasteiger partial charge is 0.329 e. The summed E-state index contributed by atoms with van der Waals surface area (Å²) in [6.45, 7) is 3.14. The van der Waals surface area contributed by atoms with Crippen molar-refractivity contribution in [2.24, 2.45) is 11.7 Å². The Kier molecular flexibility index (Phi) is 3.37.